The van der Waals surface area contributed by atoms with E-state index in [1.54, 1.807) is 11.3 Å². The van der Waals surface area contributed by atoms with Gasteiger partial charge in [-0.15, -0.1) is 11.3 Å². The molecule has 156 valence electrons. The number of anilines is 1. The van der Waals surface area contributed by atoms with Crippen molar-refractivity contribution >= 4 is 27.4 Å². The standard InChI is InChI=1S/C24H33N3OS/c1-6-9-15-27(16-10-7-2)23-22-21(17(4)29-24(22)26-18(5)25-23)19-11-13-20(14-12-19)28-8-3/h11-14H,6-10,15-16H2,1-5H3. The van der Waals surface area contributed by atoms with Gasteiger partial charge in [-0.1, -0.05) is 38.8 Å². The van der Waals surface area contributed by atoms with Crippen molar-refractivity contribution in [2.75, 3.05) is 24.6 Å². The van der Waals surface area contributed by atoms with Gasteiger partial charge >= 0.3 is 0 Å². The molecule has 0 saturated heterocycles. The van der Waals surface area contributed by atoms with E-state index in [0.717, 1.165) is 35.3 Å². The van der Waals surface area contributed by atoms with Gasteiger partial charge in [0.15, 0.2) is 0 Å². The van der Waals surface area contributed by atoms with Gasteiger partial charge in [-0.25, -0.2) is 9.97 Å². The normalized spacial score (nSPS) is 11.2. The smallest absolute Gasteiger partial charge is 0.141 e. The molecule has 0 fully saturated rings. The van der Waals surface area contributed by atoms with Crippen molar-refractivity contribution in [2.45, 2.75) is 60.3 Å². The van der Waals surface area contributed by atoms with Crippen LogP contribution in [0.25, 0.3) is 21.3 Å². The van der Waals surface area contributed by atoms with E-state index in [1.165, 1.54) is 47.1 Å². The molecule has 0 aliphatic heterocycles. The summed E-state index contributed by atoms with van der Waals surface area (Å²) in [7, 11) is 0. The second-order valence-electron chi connectivity index (χ2n) is 7.46. The van der Waals surface area contributed by atoms with Crippen molar-refractivity contribution in [3.8, 4) is 16.9 Å². The highest BCUT2D eigenvalue weighted by atomic mass is 32.1. The van der Waals surface area contributed by atoms with Crippen LogP contribution >= 0.6 is 11.3 Å². The fourth-order valence-electron chi connectivity index (χ4n) is 3.68. The monoisotopic (exact) mass is 411 g/mol. The summed E-state index contributed by atoms with van der Waals surface area (Å²) in [6.45, 7) is 13.5. The van der Waals surface area contributed by atoms with E-state index in [0.29, 0.717) is 6.61 Å². The zero-order valence-electron chi connectivity index (χ0n) is 18.4. The number of benzene rings is 1. The Morgan fingerprint density at radius 3 is 2.17 bits per heavy atom. The van der Waals surface area contributed by atoms with Crippen LogP contribution in [-0.4, -0.2) is 29.7 Å². The first-order valence-corrected chi connectivity index (χ1v) is 11.7. The summed E-state index contributed by atoms with van der Waals surface area (Å²) < 4.78 is 5.63. The number of unbranched alkanes of at least 4 members (excludes halogenated alkanes) is 2. The van der Waals surface area contributed by atoms with Gasteiger partial charge in [-0.2, -0.15) is 0 Å². The summed E-state index contributed by atoms with van der Waals surface area (Å²) in [5.74, 6) is 2.86. The lowest BCUT2D eigenvalue weighted by Crippen LogP contribution is -2.27. The van der Waals surface area contributed by atoms with Crippen molar-refractivity contribution in [1.29, 1.82) is 0 Å². The van der Waals surface area contributed by atoms with E-state index >= 15 is 0 Å². The van der Waals surface area contributed by atoms with Gasteiger partial charge in [0, 0.05) is 23.5 Å². The van der Waals surface area contributed by atoms with E-state index in [2.05, 4.69) is 49.9 Å². The molecule has 2 aromatic heterocycles. The van der Waals surface area contributed by atoms with Gasteiger partial charge in [-0.3, -0.25) is 0 Å². The zero-order valence-corrected chi connectivity index (χ0v) is 19.2. The molecule has 0 unspecified atom stereocenters. The van der Waals surface area contributed by atoms with Crippen molar-refractivity contribution in [3.05, 3.63) is 35.0 Å². The molecule has 0 amide bonds. The lowest BCUT2D eigenvalue weighted by atomic mass is 10.0. The van der Waals surface area contributed by atoms with Gasteiger partial charge in [0.2, 0.25) is 0 Å². The third-order valence-corrected chi connectivity index (χ3v) is 6.14. The highest BCUT2D eigenvalue weighted by Crippen LogP contribution is 2.42. The molecule has 29 heavy (non-hydrogen) atoms. The van der Waals surface area contributed by atoms with E-state index in [1.807, 2.05) is 13.8 Å². The molecule has 1 aromatic carbocycles. The Hall–Kier alpha value is -2.14. The maximum Gasteiger partial charge on any atom is 0.141 e. The largest absolute Gasteiger partial charge is 0.494 e. The lowest BCUT2D eigenvalue weighted by Gasteiger charge is -2.25. The average molecular weight is 412 g/mol. The van der Waals surface area contributed by atoms with Crippen LogP contribution in [0.4, 0.5) is 5.82 Å². The molecular weight excluding hydrogens is 378 g/mol. The third kappa shape index (κ3) is 4.89. The summed E-state index contributed by atoms with van der Waals surface area (Å²) >= 11 is 1.77. The van der Waals surface area contributed by atoms with Crippen molar-refractivity contribution < 1.29 is 4.74 Å². The topological polar surface area (TPSA) is 38.2 Å². The first-order valence-electron chi connectivity index (χ1n) is 10.8. The van der Waals surface area contributed by atoms with Crippen LogP contribution in [0.15, 0.2) is 24.3 Å². The van der Waals surface area contributed by atoms with Crippen LogP contribution in [-0.2, 0) is 0 Å². The van der Waals surface area contributed by atoms with Crippen molar-refractivity contribution in [2.24, 2.45) is 0 Å². The number of thiophene rings is 1. The Labute approximate surface area is 179 Å². The van der Waals surface area contributed by atoms with E-state index < -0.39 is 0 Å². The molecule has 0 N–H and O–H groups in total. The summed E-state index contributed by atoms with van der Waals surface area (Å²) in [6.07, 6.45) is 4.72. The van der Waals surface area contributed by atoms with Crippen LogP contribution in [0.5, 0.6) is 5.75 Å². The fourth-order valence-corrected chi connectivity index (χ4v) is 4.76. The highest BCUT2D eigenvalue weighted by Gasteiger charge is 2.21. The Bertz CT molecular complexity index is 925. The van der Waals surface area contributed by atoms with Gasteiger partial charge < -0.3 is 9.64 Å². The van der Waals surface area contributed by atoms with Crippen molar-refractivity contribution in [3.63, 3.8) is 0 Å². The predicted molar refractivity (Wildman–Crippen MR) is 126 cm³/mol. The van der Waals surface area contributed by atoms with Crippen LogP contribution in [0.2, 0.25) is 0 Å². The number of hydrogen-bond acceptors (Lipinski definition) is 5. The molecular formula is C24H33N3OS. The van der Waals surface area contributed by atoms with E-state index in [4.69, 9.17) is 14.7 Å². The first-order chi connectivity index (χ1) is 14.1. The molecule has 0 aliphatic rings. The number of rotatable bonds is 10. The third-order valence-electron chi connectivity index (χ3n) is 5.14. The van der Waals surface area contributed by atoms with Crippen LogP contribution in [0.1, 0.15) is 57.2 Å². The SMILES string of the molecule is CCCCN(CCCC)c1nc(C)nc2sc(C)c(-c3ccc(OCC)cc3)c12. The number of aryl methyl sites for hydroxylation is 2. The quantitative estimate of drug-likeness (QED) is 0.368. The zero-order chi connectivity index (χ0) is 20.8. The summed E-state index contributed by atoms with van der Waals surface area (Å²) in [6, 6.07) is 8.43. The number of hydrogen-bond donors (Lipinski definition) is 0. The summed E-state index contributed by atoms with van der Waals surface area (Å²) in [5, 5.41) is 1.20. The minimum absolute atomic E-state index is 0.681. The fraction of sp³-hybridized carbons (Fsp3) is 0.500. The van der Waals surface area contributed by atoms with Gasteiger partial charge in [0.05, 0.1) is 12.0 Å². The predicted octanol–water partition coefficient (Wildman–Crippen LogP) is 6.78. The molecule has 3 rings (SSSR count). The minimum Gasteiger partial charge on any atom is -0.494 e. The number of nitrogens with zero attached hydrogens (tertiary/aromatic N) is 3. The highest BCUT2D eigenvalue weighted by molar-refractivity contribution is 7.19. The molecule has 4 nitrogen and oxygen atoms in total. The van der Waals surface area contributed by atoms with E-state index in [-0.39, 0.29) is 0 Å². The molecule has 2 heterocycles. The molecule has 0 atom stereocenters. The van der Waals surface area contributed by atoms with Crippen molar-refractivity contribution in [1.82, 2.24) is 9.97 Å². The number of fused-ring (bicyclic) bond motifs is 1. The molecule has 0 aliphatic carbocycles. The van der Waals surface area contributed by atoms with Gasteiger partial charge in [-0.05, 0) is 51.3 Å². The molecule has 3 aromatic rings. The lowest BCUT2D eigenvalue weighted by molar-refractivity contribution is 0.340. The Morgan fingerprint density at radius 2 is 1.59 bits per heavy atom. The Morgan fingerprint density at radius 1 is 0.931 bits per heavy atom. The Balaban J connectivity index is 2.14. The number of aromatic nitrogens is 2. The summed E-state index contributed by atoms with van der Waals surface area (Å²) in [5.41, 5.74) is 2.47. The molecule has 0 spiro atoms. The number of ether oxygens (including phenoxy) is 1. The average Bonchev–Trinajstić information content (AvgIpc) is 3.04. The second-order valence-corrected chi connectivity index (χ2v) is 8.66. The molecule has 0 radical (unpaired) electrons. The molecule has 5 heteroatoms. The molecule has 0 saturated carbocycles. The second kappa shape index (κ2) is 10.1. The Kier molecular flexibility index (Phi) is 7.48. The van der Waals surface area contributed by atoms with Gasteiger partial charge in [0.1, 0.15) is 22.2 Å². The van der Waals surface area contributed by atoms with Gasteiger partial charge in [0.25, 0.3) is 0 Å². The summed E-state index contributed by atoms with van der Waals surface area (Å²) in [4.78, 5) is 14.6. The van der Waals surface area contributed by atoms with Crippen LogP contribution in [0.3, 0.4) is 0 Å². The maximum absolute atomic E-state index is 5.63. The first kappa shape index (κ1) is 21.6. The van der Waals surface area contributed by atoms with E-state index in [9.17, 15) is 0 Å². The van der Waals surface area contributed by atoms with Crippen LogP contribution in [0, 0.1) is 13.8 Å². The minimum atomic E-state index is 0.681. The molecule has 0 bridgehead atoms. The maximum atomic E-state index is 5.63. The van der Waals surface area contributed by atoms with Crippen LogP contribution < -0.4 is 9.64 Å².